The lowest BCUT2D eigenvalue weighted by Crippen LogP contribution is -2.15. The van der Waals surface area contributed by atoms with E-state index in [0.29, 0.717) is 22.8 Å². The lowest BCUT2D eigenvalue weighted by Gasteiger charge is -2.10. The Morgan fingerprint density at radius 3 is 2.64 bits per heavy atom. The number of benzene rings is 2. The van der Waals surface area contributed by atoms with Gasteiger partial charge in [0.05, 0.1) is 16.8 Å². The first-order valence-corrected chi connectivity index (χ1v) is 8.66. The number of nitrogens with zero attached hydrogens (tertiary/aromatic N) is 3. The monoisotopic (exact) mass is 370 g/mol. The zero-order valence-corrected chi connectivity index (χ0v) is 14.6. The molecule has 7 nitrogen and oxygen atoms in total. The molecule has 1 N–H and O–H groups in total. The minimum atomic E-state index is -0.299. The van der Waals surface area contributed by atoms with E-state index < -0.39 is 0 Å². The van der Waals surface area contributed by atoms with Crippen LogP contribution in [0.3, 0.4) is 0 Å². The Kier molecular flexibility index (Phi) is 3.83. The molecule has 1 amide bonds. The Bertz CT molecular complexity index is 1190. The number of rotatable bonds is 3. The van der Waals surface area contributed by atoms with Crippen LogP contribution in [0.2, 0.25) is 0 Å². The van der Waals surface area contributed by atoms with Gasteiger partial charge in [0.2, 0.25) is 12.7 Å². The topological polar surface area (TPSA) is 86.2 Å². The third-order valence-corrected chi connectivity index (χ3v) is 4.42. The molecule has 5 rings (SSSR count). The highest BCUT2D eigenvalue weighted by Crippen LogP contribution is 2.36. The van der Waals surface area contributed by atoms with Crippen LogP contribution in [-0.4, -0.2) is 27.7 Å². The fraction of sp³-hybridized carbons (Fsp3) is 0.0476. The number of pyridine rings is 1. The molecule has 28 heavy (non-hydrogen) atoms. The van der Waals surface area contributed by atoms with Gasteiger partial charge in [-0.2, -0.15) is 0 Å². The SMILES string of the molecule is O=C(Nc1ncccn1)c1cc(-c2ccc3c(c2)OCO3)nc2ccccc12. The molecule has 3 heterocycles. The Morgan fingerprint density at radius 1 is 0.929 bits per heavy atom. The zero-order valence-electron chi connectivity index (χ0n) is 14.6. The second kappa shape index (κ2) is 6.62. The Balaban J connectivity index is 1.61. The van der Waals surface area contributed by atoms with Gasteiger partial charge in [0.15, 0.2) is 11.5 Å². The number of amides is 1. The maximum absolute atomic E-state index is 12.9. The first-order chi connectivity index (χ1) is 13.8. The number of nitrogens with one attached hydrogen (secondary N) is 1. The van der Waals surface area contributed by atoms with E-state index in [-0.39, 0.29) is 18.6 Å². The van der Waals surface area contributed by atoms with Crippen LogP contribution in [0.5, 0.6) is 11.5 Å². The second-order valence-electron chi connectivity index (χ2n) is 6.17. The fourth-order valence-corrected chi connectivity index (χ4v) is 3.10. The summed E-state index contributed by atoms with van der Waals surface area (Å²) in [6.45, 7) is 0.203. The summed E-state index contributed by atoms with van der Waals surface area (Å²) in [6, 6.07) is 16.6. The van der Waals surface area contributed by atoms with Gasteiger partial charge in [-0.25, -0.2) is 15.0 Å². The summed E-state index contributed by atoms with van der Waals surface area (Å²) in [5, 5.41) is 3.49. The van der Waals surface area contributed by atoms with E-state index in [4.69, 9.17) is 14.5 Å². The number of fused-ring (bicyclic) bond motifs is 2. The van der Waals surface area contributed by atoms with Gasteiger partial charge in [0.1, 0.15) is 0 Å². The first kappa shape index (κ1) is 16.2. The molecule has 1 aliphatic heterocycles. The number of carbonyl (C=O) groups excluding carboxylic acids is 1. The van der Waals surface area contributed by atoms with E-state index in [2.05, 4.69) is 15.3 Å². The van der Waals surface area contributed by atoms with E-state index in [1.54, 1.807) is 24.5 Å². The maximum Gasteiger partial charge on any atom is 0.258 e. The highest BCUT2D eigenvalue weighted by Gasteiger charge is 2.18. The molecule has 4 aromatic rings. The molecule has 0 bridgehead atoms. The number of para-hydroxylation sites is 1. The van der Waals surface area contributed by atoms with Crippen molar-refractivity contribution < 1.29 is 14.3 Å². The molecule has 0 unspecified atom stereocenters. The molecule has 136 valence electrons. The number of anilines is 1. The minimum absolute atomic E-state index is 0.203. The summed E-state index contributed by atoms with van der Waals surface area (Å²) in [5.74, 6) is 1.31. The molecule has 0 spiro atoms. The lowest BCUT2D eigenvalue weighted by atomic mass is 10.0. The molecule has 1 aliphatic rings. The smallest absolute Gasteiger partial charge is 0.258 e. The highest BCUT2D eigenvalue weighted by molar-refractivity contribution is 6.12. The predicted molar refractivity (Wildman–Crippen MR) is 103 cm³/mol. The number of carbonyl (C=O) groups is 1. The minimum Gasteiger partial charge on any atom is -0.454 e. The van der Waals surface area contributed by atoms with E-state index in [1.807, 2.05) is 42.5 Å². The number of aromatic nitrogens is 3. The van der Waals surface area contributed by atoms with E-state index in [1.165, 1.54) is 0 Å². The molecular formula is C21H14N4O3. The van der Waals surface area contributed by atoms with Crippen molar-refractivity contribution in [3.63, 3.8) is 0 Å². The molecular weight excluding hydrogens is 356 g/mol. The third-order valence-electron chi connectivity index (χ3n) is 4.42. The molecule has 0 atom stereocenters. The van der Waals surface area contributed by atoms with Gasteiger partial charge in [0, 0.05) is 23.3 Å². The van der Waals surface area contributed by atoms with Gasteiger partial charge in [0.25, 0.3) is 5.91 Å². The van der Waals surface area contributed by atoms with Crippen molar-refractivity contribution in [3.05, 3.63) is 72.6 Å². The van der Waals surface area contributed by atoms with Crippen LogP contribution >= 0.6 is 0 Å². The maximum atomic E-state index is 12.9. The fourth-order valence-electron chi connectivity index (χ4n) is 3.10. The van der Waals surface area contributed by atoms with Gasteiger partial charge in [-0.1, -0.05) is 18.2 Å². The van der Waals surface area contributed by atoms with E-state index >= 15 is 0 Å². The van der Waals surface area contributed by atoms with Crippen molar-refractivity contribution in [1.82, 2.24) is 15.0 Å². The molecule has 0 fully saturated rings. The van der Waals surface area contributed by atoms with Crippen LogP contribution in [0.15, 0.2) is 67.0 Å². The summed E-state index contributed by atoms with van der Waals surface area (Å²) in [4.78, 5) is 25.8. The van der Waals surface area contributed by atoms with Gasteiger partial charge in [-0.3, -0.25) is 10.1 Å². The van der Waals surface area contributed by atoms with Crippen molar-refractivity contribution in [3.8, 4) is 22.8 Å². The molecule has 7 heteroatoms. The van der Waals surface area contributed by atoms with Gasteiger partial charge in [-0.15, -0.1) is 0 Å². The number of ether oxygens (including phenoxy) is 2. The van der Waals surface area contributed by atoms with E-state index in [0.717, 1.165) is 16.5 Å². The highest BCUT2D eigenvalue weighted by atomic mass is 16.7. The average Bonchev–Trinajstić information content (AvgIpc) is 3.21. The third kappa shape index (κ3) is 2.88. The average molecular weight is 370 g/mol. The van der Waals surface area contributed by atoms with Crippen molar-refractivity contribution in [1.29, 1.82) is 0 Å². The molecule has 0 saturated heterocycles. The van der Waals surface area contributed by atoms with Crippen LogP contribution in [0.4, 0.5) is 5.95 Å². The quantitative estimate of drug-likeness (QED) is 0.592. The van der Waals surface area contributed by atoms with Gasteiger partial charge >= 0.3 is 0 Å². The first-order valence-electron chi connectivity index (χ1n) is 8.66. The number of hydrogen-bond acceptors (Lipinski definition) is 6. The van der Waals surface area contributed by atoms with Crippen molar-refractivity contribution in [2.45, 2.75) is 0 Å². The zero-order chi connectivity index (χ0) is 18.9. The summed E-state index contributed by atoms with van der Waals surface area (Å²) < 4.78 is 10.8. The number of hydrogen-bond donors (Lipinski definition) is 1. The van der Waals surface area contributed by atoms with Crippen LogP contribution in [0.1, 0.15) is 10.4 Å². The molecule has 2 aromatic carbocycles. The molecule has 0 aliphatic carbocycles. The van der Waals surface area contributed by atoms with Crippen LogP contribution < -0.4 is 14.8 Å². The van der Waals surface area contributed by atoms with Gasteiger partial charge in [-0.05, 0) is 36.4 Å². The Labute approximate surface area is 160 Å². The van der Waals surface area contributed by atoms with Crippen molar-refractivity contribution in [2.24, 2.45) is 0 Å². The van der Waals surface area contributed by atoms with E-state index in [9.17, 15) is 4.79 Å². The van der Waals surface area contributed by atoms with Crippen molar-refractivity contribution in [2.75, 3.05) is 12.1 Å². The summed E-state index contributed by atoms with van der Waals surface area (Å²) in [5.41, 5.74) is 2.71. The summed E-state index contributed by atoms with van der Waals surface area (Å²) in [7, 11) is 0. The normalized spacial score (nSPS) is 12.1. The molecule has 2 aromatic heterocycles. The standard InChI is InChI=1S/C21H14N4O3/c26-20(25-21-22-8-3-9-23-21)15-11-17(24-16-5-2-1-4-14(15)16)13-6-7-18-19(10-13)28-12-27-18/h1-11H,12H2,(H,22,23,25,26). The van der Waals surface area contributed by atoms with Crippen LogP contribution in [-0.2, 0) is 0 Å². The molecule has 0 radical (unpaired) electrons. The lowest BCUT2D eigenvalue weighted by molar-refractivity contribution is 0.102. The van der Waals surface area contributed by atoms with Crippen molar-refractivity contribution >= 4 is 22.8 Å². The summed E-state index contributed by atoms with van der Waals surface area (Å²) in [6.07, 6.45) is 3.15. The molecule has 0 saturated carbocycles. The predicted octanol–water partition coefficient (Wildman–Crippen LogP) is 3.67. The second-order valence-corrected chi connectivity index (χ2v) is 6.17. The largest absolute Gasteiger partial charge is 0.454 e. The summed E-state index contributed by atoms with van der Waals surface area (Å²) >= 11 is 0. The Morgan fingerprint density at radius 2 is 1.75 bits per heavy atom. The van der Waals surface area contributed by atoms with Crippen LogP contribution in [0, 0.1) is 0 Å². The van der Waals surface area contributed by atoms with Crippen LogP contribution in [0.25, 0.3) is 22.2 Å². The van der Waals surface area contributed by atoms with Gasteiger partial charge < -0.3 is 9.47 Å². The Hall–Kier alpha value is -4.00.